The Morgan fingerprint density at radius 3 is 1.23 bits per heavy atom. The van der Waals surface area contributed by atoms with Crippen LogP contribution in [0.5, 0.6) is 0 Å². The predicted octanol–water partition coefficient (Wildman–Crippen LogP) is 2.77. The lowest BCUT2D eigenvalue weighted by atomic mass is 10.0. The van der Waals surface area contributed by atoms with Crippen molar-refractivity contribution in [2.75, 3.05) is 0 Å². The summed E-state index contributed by atoms with van der Waals surface area (Å²) in [4.78, 5) is 57.3. The molecule has 0 rings (SSSR count). The van der Waals surface area contributed by atoms with E-state index in [9.17, 15) is 24.0 Å². The Morgan fingerprint density at radius 2 is 0.909 bits per heavy atom. The van der Waals surface area contributed by atoms with Gasteiger partial charge >= 0.3 is 0 Å². The largest absolute Gasteiger partial charge is 0.300 e. The average molecular weight is 310 g/mol. The topological polar surface area (TPSA) is 85.3 Å². The molecule has 0 saturated heterocycles. The summed E-state index contributed by atoms with van der Waals surface area (Å²) in [5.41, 5.74) is 0. The van der Waals surface area contributed by atoms with Crippen molar-refractivity contribution >= 4 is 28.9 Å². The highest BCUT2D eigenvalue weighted by atomic mass is 16.2. The number of hydrogen-bond donors (Lipinski definition) is 0. The van der Waals surface area contributed by atoms with Gasteiger partial charge in [0.1, 0.15) is 11.6 Å². The van der Waals surface area contributed by atoms with Crippen LogP contribution in [0.15, 0.2) is 0 Å². The molecule has 0 spiro atoms. The fraction of sp³-hybridized carbons (Fsp3) is 0.706. The predicted molar refractivity (Wildman–Crippen MR) is 82.6 cm³/mol. The standard InChI is InChI=1S/C17H26O5/c1-3-7-13(18)9-5-11-15(20)17(22)16(21)12-6-10-14(19)8-4-2/h3-12H2,1-2H3. The monoisotopic (exact) mass is 310 g/mol. The Balaban J connectivity index is 3.97. The van der Waals surface area contributed by atoms with E-state index in [-0.39, 0.29) is 37.2 Å². The van der Waals surface area contributed by atoms with Gasteiger partial charge in [-0.05, 0) is 25.7 Å². The molecule has 5 heteroatoms. The number of hydrogen-bond acceptors (Lipinski definition) is 5. The number of ketones is 5. The maximum Gasteiger partial charge on any atom is 0.264 e. The van der Waals surface area contributed by atoms with Gasteiger partial charge in [-0.25, -0.2) is 0 Å². The van der Waals surface area contributed by atoms with Crippen LogP contribution in [0.1, 0.15) is 78.1 Å². The van der Waals surface area contributed by atoms with Gasteiger partial charge in [0.25, 0.3) is 5.78 Å². The van der Waals surface area contributed by atoms with E-state index in [0.717, 1.165) is 12.8 Å². The van der Waals surface area contributed by atoms with Crippen molar-refractivity contribution in [3.63, 3.8) is 0 Å². The van der Waals surface area contributed by atoms with Crippen LogP contribution < -0.4 is 0 Å². The second kappa shape index (κ2) is 12.0. The van der Waals surface area contributed by atoms with E-state index in [0.29, 0.717) is 25.7 Å². The zero-order chi connectivity index (χ0) is 17.0. The fourth-order valence-corrected chi connectivity index (χ4v) is 2.08. The van der Waals surface area contributed by atoms with Crippen LogP contribution in [0.2, 0.25) is 0 Å². The van der Waals surface area contributed by atoms with Crippen molar-refractivity contribution in [1.82, 2.24) is 0 Å². The highest BCUT2D eigenvalue weighted by molar-refractivity contribution is 6.63. The van der Waals surface area contributed by atoms with E-state index < -0.39 is 17.3 Å². The molecule has 0 N–H and O–H groups in total. The maximum atomic E-state index is 11.6. The molecule has 0 aromatic rings. The molecule has 0 atom stereocenters. The van der Waals surface area contributed by atoms with Gasteiger partial charge in [-0.3, -0.25) is 24.0 Å². The van der Waals surface area contributed by atoms with Gasteiger partial charge in [-0.2, -0.15) is 0 Å². The van der Waals surface area contributed by atoms with Gasteiger partial charge in [-0.1, -0.05) is 13.8 Å². The van der Waals surface area contributed by atoms with Gasteiger partial charge in [0, 0.05) is 38.5 Å². The van der Waals surface area contributed by atoms with E-state index in [4.69, 9.17) is 0 Å². The highest BCUT2D eigenvalue weighted by Crippen LogP contribution is 2.06. The molecular formula is C17H26O5. The summed E-state index contributed by atoms with van der Waals surface area (Å²) in [6, 6.07) is 0. The number of carbonyl (C=O) groups is 5. The third-order valence-electron chi connectivity index (χ3n) is 3.28. The van der Waals surface area contributed by atoms with Crippen LogP contribution in [0.4, 0.5) is 0 Å². The molecule has 0 aliphatic heterocycles. The molecule has 0 heterocycles. The van der Waals surface area contributed by atoms with Crippen LogP contribution >= 0.6 is 0 Å². The summed E-state index contributed by atoms with van der Waals surface area (Å²) in [5, 5.41) is 0. The minimum absolute atomic E-state index is 0.0607. The molecule has 0 radical (unpaired) electrons. The van der Waals surface area contributed by atoms with E-state index in [1.165, 1.54) is 0 Å². The third kappa shape index (κ3) is 9.32. The number of rotatable bonds is 14. The molecule has 0 amide bonds. The molecule has 0 saturated carbocycles. The summed E-state index contributed by atoms with van der Waals surface area (Å²) < 4.78 is 0. The number of Topliss-reactive ketones (excluding diaryl/α,β-unsaturated/α-hetero) is 5. The Morgan fingerprint density at radius 1 is 0.545 bits per heavy atom. The molecule has 124 valence electrons. The average Bonchev–Trinajstić information content (AvgIpc) is 2.46. The lowest BCUT2D eigenvalue weighted by Crippen LogP contribution is -2.24. The van der Waals surface area contributed by atoms with Gasteiger partial charge < -0.3 is 0 Å². The Kier molecular flexibility index (Phi) is 11.1. The van der Waals surface area contributed by atoms with Crippen molar-refractivity contribution in [2.24, 2.45) is 0 Å². The Hall–Kier alpha value is -1.65. The van der Waals surface area contributed by atoms with Gasteiger partial charge in [0.15, 0.2) is 0 Å². The maximum absolute atomic E-state index is 11.6. The van der Waals surface area contributed by atoms with Crippen LogP contribution in [-0.2, 0) is 24.0 Å². The van der Waals surface area contributed by atoms with Crippen LogP contribution in [0.3, 0.4) is 0 Å². The molecule has 5 nitrogen and oxygen atoms in total. The van der Waals surface area contributed by atoms with Crippen molar-refractivity contribution in [2.45, 2.75) is 78.1 Å². The third-order valence-corrected chi connectivity index (χ3v) is 3.28. The Bertz CT molecular complexity index is 385. The summed E-state index contributed by atoms with van der Waals surface area (Å²) >= 11 is 0. The second-order valence-electron chi connectivity index (χ2n) is 5.46. The first-order valence-electron chi connectivity index (χ1n) is 8.06. The molecule has 0 unspecified atom stereocenters. The van der Waals surface area contributed by atoms with Crippen LogP contribution in [0, 0.1) is 0 Å². The Labute approximate surface area is 131 Å². The number of carbonyl (C=O) groups excluding carboxylic acids is 5. The lowest BCUT2D eigenvalue weighted by molar-refractivity contribution is -0.144. The minimum atomic E-state index is -0.995. The molecule has 0 bridgehead atoms. The van der Waals surface area contributed by atoms with Crippen LogP contribution in [-0.4, -0.2) is 28.9 Å². The molecule has 0 aliphatic rings. The molecule has 22 heavy (non-hydrogen) atoms. The molecular weight excluding hydrogens is 284 g/mol. The first-order valence-corrected chi connectivity index (χ1v) is 8.06. The second-order valence-corrected chi connectivity index (χ2v) is 5.46. The SMILES string of the molecule is CCCC(=O)CCCC(=O)C(=O)C(=O)CCCC(=O)CCC. The normalized spacial score (nSPS) is 10.3. The van der Waals surface area contributed by atoms with E-state index in [1.54, 1.807) is 0 Å². The first kappa shape index (κ1) is 20.3. The smallest absolute Gasteiger partial charge is 0.264 e. The van der Waals surface area contributed by atoms with Gasteiger partial charge in [0.2, 0.25) is 11.6 Å². The van der Waals surface area contributed by atoms with Crippen LogP contribution in [0.25, 0.3) is 0 Å². The van der Waals surface area contributed by atoms with Crippen molar-refractivity contribution in [3.05, 3.63) is 0 Å². The summed E-state index contributed by atoms with van der Waals surface area (Å²) in [6.45, 7) is 3.80. The molecule has 0 aliphatic carbocycles. The fourth-order valence-electron chi connectivity index (χ4n) is 2.08. The van der Waals surface area contributed by atoms with Crippen molar-refractivity contribution in [3.8, 4) is 0 Å². The van der Waals surface area contributed by atoms with E-state index >= 15 is 0 Å². The molecule has 0 fully saturated rings. The highest BCUT2D eigenvalue weighted by Gasteiger charge is 2.21. The summed E-state index contributed by atoms with van der Waals surface area (Å²) in [7, 11) is 0. The van der Waals surface area contributed by atoms with Crippen molar-refractivity contribution < 1.29 is 24.0 Å². The zero-order valence-electron chi connectivity index (χ0n) is 13.6. The molecule has 0 aromatic carbocycles. The minimum Gasteiger partial charge on any atom is -0.300 e. The zero-order valence-corrected chi connectivity index (χ0v) is 13.6. The summed E-state index contributed by atoms with van der Waals surface area (Å²) in [5.74, 6) is -2.30. The van der Waals surface area contributed by atoms with Gasteiger partial charge in [0.05, 0.1) is 0 Å². The molecule has 0 aromatic heterocycles. The lowest BCUT2D eigenvalue weighted by Gasteiger charge is -2.01. The van der Waals surface area contributed by atoms with E-state index in [1.807, 2.05) is 13.8 Å². The van der Waals surface area contributed by atoms with Crippen molar-refractivity contribution in [1.29, 1.82) is 0 Å². The summed E-state index contributed by atoms with van der Waals surface area (Å²) in [6.07, 6.45) is 3.53. The quantitative estimate of drug-likeness (QED) is 0.364. The van der Waals surface area contributed by atoms with Gasteiger partial charge in [-0.15, -0.1) is 0 Å². The van der Waals surface area contributed by atoms with E-state index in [2.05, 4.69) is 0 Å². The first-order chi connectivity index (χ1) is 10.4.